The van der Waals surface area contributed by atoms with E-state index in [0.717, 1.165) is 0 Å². The molecule has 0 amide bonds. The SMILES string of the molecule is [2H]C([2H])([2H])C([2H])([2H])Oc1ccccc1OCC(=O)O. The van der Waals surface area contributed by atoms with Crippen LogP contribution in [0.25, 0.3) is 0 Å². The van der Waals surface area contributed by atoms with E-state index in [0.29, 0.717) is 0 Å². The monoisotopic (exact) mass is 201 g/mol. The summed E-state index contributed by atoms with van der Waals surface area (Å²) in [6.45, 7) is -6.53. The van der Waals surface area contributed by atoms with Gasteiger partial charge in [-0.2, -0.15) is 0 Å². The predicted octanol–water partition coefficient (Wildman–Crippen LogP) is 1.55. The first-order chi connectivity index (χ1) is 8.63. The largest absolute Gasteiger partial charge is 0.490 e. The van der Waals surface area contributed by atoms with Gasteiger partial charge in [0.25, 0.3) is 0 Å². The van der Waals surface area contributed by atoms with Crippen LogP contribution in [0.2, 0.25) is 0 Å². The van der Waals surface area contributed by atoms with Gasteiger partial charge in [-0.25, -0.2) is 4.79 Å². The minimum atomic E-state index is -2.98. The van der Waals surface area contributed by atoms with Gasteiger partial charge in [0.15, 0.2) is 18.1 Å². The Morgan fingerprint density at radius 3 is 2.71 bits per heavy atom. The predicted molar refractivity (Wildman–Crippen MR) is 50.7 cm³/mol. The normalized spacial score (nSPS) is 16.7. The highest BCUT2D eigenvalue weighted by Gasteiger charge is 2.04. The van der Waals surface area contributed by atoms with Crippen LogP contribution in [0.5, 0.6) is 11.5 Å². The molecule has 0 aromatic heterocycles. The maximum atomic E-state index is 10.4. The third-order valence-corrected chi connectivity index (χ3v) is 1.36. The fourth-order valence-corrected chi connectivity index (χ4v) is 0.848. The molecule has 4 nitrogen and oxygen atoms in total. The van der Waals surface area contributed by atoms with Gasteiger partial charge in [0.2, 0.25) is 0 Å². The molecule has 0 aliphatic rings. The summed E-state index contributed by atoms with van der Waals surface area (Å²) in [6, 6.07) is 5.65. The zero-order chi connectivity index (χ0) is 14.7. The smallest absolute Gasteiger partial charge is 0.341 e. The van der Waals surface area contributed by atoms with Gasteiger partial charge in [0.05, 0.1) is 9.30 Å². The second-order valence-electron chi connectivity index (χ2n) is 2.33. The van der Waals surface area contributed by atoms with Crippen molar-refractivity contribution in [2.24, 2.45) is 0 Å². The van der Waals surface area contributed by atoms with Crippen molar-refractivity contribution in [3.63, 3.8) is 0 Å². The molecule has 0 aliphatic heterocycles. The molecule has 76 valence electrons. The molecular weight excluding hydrogens is 184 g/mol. The van der Waals surface area contributed by atoms with Gasteiger partial charge in [-0.1, -0.05) is 12.1 Å². The number of carbonyl (C=O) groups is 1. The molecule has 0 atom stereocenters. The molecule has 14 heavy (non-hydrogen) atoms. The van der Waals surface area contributed by atoms with Crippen molar-refractivity contribution in [1.82, 2.24) is 0 Å². The standard InChI is InChI=1S/C10H12O4/c1-2-13-8-5-3-4-6-9(8)14-7-10(11)12/h3-6H,2,7H2,1H3,(H,11,12)/i1D3,2D2. The number of benzene rings is 1. The summed E-state index contributed by atoms with van der Waals surface area (Å²) in [5.41, 5.74) is 0. The van der Waals surface area contributed by atoms with Gasteiger partial charge in [-0.15, -0.1) is 0 Å². The average Bonchev–Trinajstić information content (AvgIpc) is 2.25. The van der Waals surface area contributed by atoms with Crippen LogP contribution < -0.4 is 9.47 Å². The molecule has 0 bridgehead atoms. The number of hydrogen-bond acceptors (Lipinski definition) is 3. The first-order valence-corrected chi connectivity index (χ1v) is 3.76. The van der Waals surface area contributed by atoms with E-state index in [9.17, 15) is 4.79 Å². The van der Waals surface area contributed by atoms with Crippen LogP contribution in [-0.4, -0.2) is 24.2 Å². The van der Waals surface area contributed by atoms with Crippen LogP contribution in [0.15, 0.2) is 24.3 Å². The molecule has 0 radical (unpaired) electrons. The van der Waals surface area contributed by atoms with Crippen LogP contribution in [-0.2, 0) is 4.79 Å². The minimum absolute atomic E-state index is 0.0435. The summed E-state index contributed by atoms with van der Waals surface area (Å²) in [7, 11) is 0. The maximum Gasteiger partial charge on any atom is 0.341 e. The van der Waals surface area contributed by atoms with Crippen LogP contribution in [0, 0.1) is 0 Å². The van der Waals surface area contributed by atoms with E-state index >= 15 is 0 Å². The summed E-state index contributed by atoms with van der Waals surface area (Å²) < 4.78 is 45.4. The van der Waals surface area contributed by atoms with Gasteiger partial charge in [0, 0.05) is 4.11 Å². The third-order valence-electron chi connectivity index (χ3n) is 1.36. The van der Waals surface area contributed by atoms with Crippen molar-refractivity contribution in [2.45, 2.75) is 6.85 Å². The maximum absolute atomic E-state index is 10.4. The Labute approximate surface area is 89.1 Å². The van der Waals surface area contributed by atoms with Crippen molar-refractivity contribution in [3.8, 4) is 11.5 Å². The van der Waals surface area contributed by atoms with E-state index in [1.807, 2.05) is 0 Å². The number of hydrogen-bond donors (Lipinski definition) is 1. The summed E-state index contributed by atoms with van der Waals surface area (Å²) in [6.07, 6.45) is 0. The van der Waals surface area contributed by atoms with E-state index < -0.39 is 26.0 Å². The number of ether oxygens (including phenoxy) is 2. The number of carboxylic acid groups (broad SMARTS) is 1. The molecule has 4 heteroatoms. The Morgan fingerprint density at radius 1 is 1.50 bits per heavy atom. The minimum Gasteiger partial charge on any atom is -0.490 e. The zero-order valence-electron chi connectivity index (χ0n) is 12.2. The van der Waals surface area contributed by atoms with E-state index in [1.54, 1.807) is 0 Å². The van der Waals surface area contributed by atoms with Crippen molar-refractivity contribution >= 4 is 5.97 Å². The lowest BCUT2D eigenvalue weighted by atomic mass is 10.3. The van der Waals surface area contributed by atoms with Crippen LogP contribution in [0.1, 0.15) is 13.7 Å². The number of carboxylic acids is 1. The second kappa shape index (κ2) is 5.11. The molecule has 1 aromatic rings. The lowest BCUT2D eigenvalue weighted by Crippen LogP contribution is -2.10. The Balaban J connectivity index is 2.92. The Bertz CT molecular complexity index is 457. The average molecular weight is 201 g/mol. The molecule has 0 heterocycles. The highest BCUT2D eigenvalue weighted by molar-refractivity contribution is 5.68. The lowest BCUT2D eigenvalue weighted by Gasteiger charge is -2.09. The number of aliphatic carboxylic acids is 1. The van der Waals surface area contributed by atoms with Crippen molar-refractivity contribution in [1.29, 1.82) is 0 Å². The molecule has 0 saturated heterocycles. The Hall–Kier alpha value is -1.71. The summed E-state index contributed by atoms with van der Waals surface area (Å²) >= 11 is 0. The summed E-state index contributed by atoms with van der Waals surface area (Å²) in [5, 5.41) is 8.50. The number of para-hydroxylation sites is 2. The van der Waals surface area contributed by atoms with Gasteiger partial charge in [-0.3, -0.25) is 0 Å². The van der Waals surface area contributed by atoms with E-state index in [1.165, 1.54) is 24.3 Å². The lowest BCUT2D eigenvalue weighted by molar-refractivity contribution is -0.139. The molecule has 0 saturated carbocycles. The van der Waals surface area contributed by atoms with Crippen LogP contribution in [0.3, 0.4) is 0 Å². The van der Waals surface area contributed by atoms with E-state index in [-0.39, 0.29) is 11.5 Å². The first kappa shape index (κ1) is 5.24. The van der Waals surface area contributed by atoms with E-state index in [2.05, 4.69) is 0 Å². The van der Waals surface area contributed by atoms with E-state index in [4.69, 9.17) is 21.4 Å². The Morgan fingerprint density at radius 2 is 2.14 bits per heavy atom. The molecule has 1 aromatic carbocycles. The quantitative estimate of drug-likeness (QED) is 0.785. The Kier molecular flexibility index (Phi) is 1.91. The van der Waals surface area contributed by atoms with Crippen molar-refractivity contribution < 1.29 is 26.2 Å². The number of rotatable bonds is 5. The molecule has 0 fully saturated rings. The fourth-order valence-electron chi connectivity index (χ4n) is 0.848. The molecule has 1 rings (SSSR count). The highest BCUT2D eigenvalue weighted by atomic mass is 16.5. The topological polar surface area (TPSA) is 55.8 Å². The van der Waals surface area contributed by atoms with Gasteiger partial charge >= 0.3 is 5.97 Å². The van der Waals surface area contributed by atoms with Crippen LogP contribution >= 0.6 is 0 Å². The van der Waals surface area contributed by atoms with Gasteiger partial charge in [-0.05, 0) is 19.0 Å². The molecule has 0 spiro atoms. The van der Waals surface area contributed by atoms with Crippen molar-refractivity contribution in [3.05, 3.63) is 24.3 Å². The van der Waals surface area contributed by atoms with Crippen molar-refractivity contribution in [2.75, 3.05) is 13.2 Å². The first-order valence-electron chi connectivity index (χ1n) is 6.26. The summed E-state index contributed by atoms with van der Waals surface area (Å²) in [4.78, 5) is 10.4. The molecule has 0 aliphatic carbocycles. The molecular formula is C10H12O4. The third kappa shape index (κ3) is 2.97. The van der Waals surface area contributed by atoms with Crippen LogP contribution in [0.4, 0.5) is 0 Å². The fraction of sp³-hybridized carbons (Fsp3) is 0.300. The molecule has 0 unspecified atom stereocenters. The highest BCUT2D eigenvalue weighted by Crippen LogP contribution is 2.25. The molecule has 1 N–H and O–H groups in total. The zero-order valence-corrected chi connectivity index (χ0v) is 7.19. The van der Waals surface area contributed by atoms with Gasteiger partial charge in [0.1, 0.15) is 0 Å². The second-order valence-corrected chi connectivity index (χ2v) is 2.33. The summed E-state index contributed by atoms with van der Waals surface area (Å²) in [5.74, 6) is -1.43. The van der Waals surface area contributed by atoms with Gasteiger partial charge < -0.3 is 14.6 Å².